The standard InChI is InChI=1S/C19H16F4N2O3/c1-25-16(8-9-17(25)26)18(27)24-15-10-13(6-7-14(15)20)28-12-4-2-11(3-5-12)19(21,22)23/h2-7,10,16H,8-9H2,1H3,(H,24,27)/t16-/m0/s1. The lowest BCUT2D eigenvalue weighted by molar-refractivity contribution is -0.137. The molecule has 2 amide bonds. The van der Waals surface area contributed by atoms with Crippen molar-refractivity contribution in [3.8, 4) is 11.5 Å². The number of hydrogen-bond acceptors (Lipinski definition) is 3. The number of amides is 2. The number of halogens is 4. The summed E-state index contributed by atoms with van der Waals surface area (Å²) in [5.74, 6) is -1.15. The highest BCUT2D eigenvalue weighted by molar-refractivity contribution is 5.99. The third kappa shape index (κ3) is 4.24. The van der Waals surface area contributed by atoms with Crippen molar-refractivity contribution < 1.29 is 31.9 Å². The van der Waals surface area contributed by atoms with Crippen LogP contribution in [0.5, 0.6) is 11.5 Å². The zero-order valence-electron chi connectivity index (χ0n) is 14.7. The van der Waals surface area contributed by atoms with Crippen molar-refractivity contribution in [3.05, 3.63) is 53.8 Å². The molecule has 1 aliphatic heterocycles. The zero-order chi connectivity index (χ0) is 20.5. The van der Waals surface area contributed by atoms with E-state index in [0.717, 1.165) is 30.3 Å². The molecule has 1 atom stereocenters. The lowest BCUT2D eigenvalue weighted by Gasteiger charge is -2.19. The second kappa shape index (κ2) is 7.49. The van der Waals surface area contributed by atoms with Crippen LogP contribution in [0, 0.1) is 5.82 Å². The molecule has 2 aromatic carbocycles. The van der Waals surface area contributed by atoms with Gasteiger partial charge < -0.3 is 15.0 Å². The highest BCUT2D eigenvalue weighted by atomic mass is 19.4. The maximum absolute atomic E-state index is 14.0. The van der Waals surface area contributed by atoms with Gasteiger partial charge in [-0.25, -0.2) is 4.39 Å². The number of nitrogens with one attached hydrogen (secondary N) is 1. The molecule has 1 aliphatic rings. The van der Waals surface area contributed by atoms with E-state index in [2.05, 4.69) is 5.32 Å². The Labute approximate surface area is 157 Å². The van der Waals surface area contributed by atoms with Gasteiger partial charge >= 0.3 is 6.18 Å². The number of rotatable bonds is 4. The number of carbonyl (C=O) groups excluding carboxylic acids is 2. The maximum Gasteiger partial charge on any atom is 0.416 e. The molecule has 0 unspecified atom stereocenters. The maximum atomic E-state index is 14.0. The fourth-order valence-corrected chi connectivity index (χ4v) is 2.84. The molecule has 0 radical (unpaired) electrons. The largest absolute Gasteiger partial charge is 0.457 e. The first-order valence-corrected chi connectivity index (χ1v) is 8.36. The van der Waals surface area contributed by atoms with Crippen molar-refractivity contribution >= 4 is 17.5 Å². The Morgan fingerprint density at radius 2 is 1.79 bits per heavy atom. The molecule has 0 aliphatic carbocycles. The fraction of sp³-hybridized carbons (Fsp3) is 0.263. The molecule has 1 fully saturated rings. The molecule has 3 rings (SSSR count). The number of anilines is 1. The van der Waals surface area contributed by atoms with Gasteiger partial charge in [-0.15, -0.1) is 0 Å². The van der Waals surface area contributed by atoms with Gasteiger partial charge in [0.05, 0.1) is 11.3 Å². The summed E-state index contributed by atoms with van der Waals surface area (Å²) in [6.07, 6.45) is -3.88. The van der Waals surface area contributed by atoms with E-state index in [0.29, 0.717) is 6.42 Å². The van der Waals surface area contributed by atoms with Crippen molar-refractivity contribution in [2.75, 3.05) is 12.4 Å². The van der Waals surface area contributed by atoms with E-state index < -0.39 is 29.5 Å². The molecule has 1 heterocycles. The topological polar surface area (TPSA) is 58.6 Å². The Morgan fingerprint density at radius 1 is 1.14 bits per heavy atom. The number of ether oxygens (including phenoxy) is 1. The molecule has 1 N–H and O–H groups in total. The van der Waals surface area contributed by atoms with E-state index in [4.69, 9.17) is 4.74 Å². The smallest absolute Gasteiger partial charge is 0.416 e. The summed E-state index contributed by atoms with van der Waals surface area (Å²) in [6, 6.07) is 6.91. The Bertz CT molecular complexity index is 897. The van der Waals surface area contributed by atoms with Gasteiger partial charge in [0.2, 0.25) is 11.8 Å². The minimum absolute atomic E-state index is 0.123. The SMILES string of the molecule is CN1C(=O)CC[C@H]1C(=O)Nc1cc(Oc2ccc(C(F)(F)F)cc2)ccc1F. The van der Waals surface area contributed by atoms with Gasteiger partial charge in [-0.1, -0.05) is 0 Å². The minimum Gasteiger partial charge on any atom is -0.457 e. The van der Waals surface area contributed by atoms with Crippen molar-refractivity contribution in [1.82, 2.24) is 4.90 Å². The molecule has 2 aromatic rings. The van der Waals surface area contributed by atoms with E-state index in [-0.39, 0.29) is 29.5 Å². The molecule has 0 bridgehead atoms. The Hall–Kier alpha value is -3.10. The second-order valence-corrected chi connectivity index (χ2v) is 6.31. The molecular weight excluding hydrogens is 380 g/mol. The summed E-state index contributed by atoms with van der Waals surface area (Å²) in [7, 11) is 1.50. The van der Waals surface area contributed by atoms with Gasteiger partial charge in [-0.3, -0.25) is 9.59 Å². The average Bonchev–Trinajstić information content (AvgIpc) is 2.97. The molecule has 0 spiro atoms. The van der Waals surface area contributed by atoms with Crippen molar-refractivity contribution in [2.45, 2.75) is 25.1 Å². The highest BCUT2D eigenvalue weighted by Crippen LogP contribution is 2.32. The first kappa shape index (κ1) is 19.7. The number of benzene rings is 2. The van der Waals surface area contributed by atoms with Gasteiger partial charge in [-0.05, 0) is 42.8 Å². The van der Waals surface area contributed by atoms with E-state index in [1.54, 1.807) is 0 Å². The number of likely N-dealkylation sites (N-methyl/N-ethyl adjacent to an activating group) is 1. The van der Waals surface area contributed by atoms with Gasteiger partial charge in [0, 0.05) is 19.5 Å². The van der Waals surface area contributed by atoms with Gasteiger partial charge in [-0.2, -0.15) is 13.2 Å². The molecule has 148 valence electrons. The Morgan fingerprint density at radius 3 is 2.36 bits per heavy atom. The third-order valence-electron chi connectivity index (χ3n) is 4.41. The zero-order valence-corrected chi connectivity index (χ0v) is 14.7. The van der Waals surface area contributed by atoms with Gasteiger partial charge in [0.1, 0.15) is 23.4 Å². The first-order chi connectivity index (χ1) is 13.1. The number of carbonyl (C=O) groups is 2. The van der Waals surface area contributed by atoms with Crippen molar-refractivity contribution in [1.29, 1.82) is 0 Å². The van der Waals surface area contributed by atoms with Crippen LogP contribution in [0.1, 0.15) is 18.4 Å². The lowest BCUT2D eigenvalue weighted by atomic mass is 10.2. The van der Waals surface area contributed by atoms with Crippen LogP contribution < -0.4 is 10.1 Å². The van der Waals surface area contributed by atoms with Crippen LogP contribution >= 0.6 is 0 Å². The summed E-state index contributed by atoms with van der Waals surface area (Å²) in [5, 5.41) is 2.42. The number of likely N-dealkylation sites (tertiary alicyclic amines) is 1. The van der Waals surface area contributed by atoms with Crippen LogP contribution in [0.4, 0.5) is 23.2 Å². The predicted molar refractivity (Wildman–Crippen MR) is 92.3 cm³/mol. The van der Waals surface area contributed by atoms with Gasteiger partial charge in [0.15, 0.2) is 0 Å². The van der Waals surface area contributed by atoms with Crippen LogP contribution in [-0.2, 0) is 15.8 Å². The minimum atomic E-state index is -4.46. The molecule has 1 saturated heterocycles. The summed E-state index contributed by atoms with van der Waals surface area (Å²) in [5.41, 5.74) is -0.968. The van der Waals surface area contributed by atoms with Crippen molar-refractivity contribution in [3.63, 3.8) is 0 Å². The highest BCUT2D eigenvalue weighted by Gasteiger charge is 2.33. The van der Waals surface area contributed by atoms with Crippen LogP contribution in [0.25, 0.3) is 0 Å². The number of alkyl halides is 3. The molecule has 0 saturated carbocycles. The fourth-order valence-electron chi connectivity index (χ4n) is 2.84. The average molecular weight is 396 g/mol. The predicted octanol–water partition coefficient (Wildman–Crippen LogP) is 4.20. The molecule has 9 heteroatoms. The summed E-state index contributed by atoms with van der Waals surface area (Å²) >= 11 is 0. The lowest BCUT2D eigenvalue weighted by Crippen LogP contribution is -2.39. The van der Waals surface area contributed by atoms with Crippen LogP contribution in [0.2, 0.25) is 0 Å². The Kier molecular flexibility index (Phi) is 5.26. The number of hydrogen-bond donors (Lipinski definition) is 1. The quantitative estimate of drug-likeness (QED) is 0.789. The summed E-state index contributed by atoms with van der Waals surface area (Å²) in [6.45, 7) is 0. The summed E-state index contributed by atoms with van der Waals surface area (Å²) < 4.78 is 57.3. The van der Waals surface area contributed by atoms with E-state index in [9.17, 15) is 27.2 Å². The van der Waals surface area contributed by atoms with Crippen LogP contribution in [-0.4, -0.2) is 29.8 Å². The molecule has 5 nitrogen and oxygen atoms in total. The van der Waals surface area contributed by atoms with Crippen LogP contribution in [0.3, 0.4) is 0 Å². The molecular formula is C19H16F4N2O3. The second-order valence-electron chi connectivity index (χ2n) is 6.31. The monoisotopic (exact) mass is 396 g/mol. The van der Waals surface area contributed by atoms with Crippen LogP contribution in [0.15, 0.2) is 42.5 Å². The van der Waals surface area contributed by atoms with E-state index in [1.165, 1.54) is 24.1 Å². The summed E-state index contributed by atoms with van der Waals surface area (Å²) in [4.78, 5) is 25.1. The van der Waals surface area contributed by atoms with Crippen molar-refractivity contribution in [2.24, 2.45) is 0 Å². The first-order valence-electron chi connectivity index (χ1n) is 8.36. The Balaban J connectivity index is 1.73. The molecule has 28 heavy (non-hydrogen) atoms. The van der Waals surface area contributed by atoms with E-state index >= 15 is 0 Å². The normalized spacial score (nSPS) is 17.0. The number of nitrogens with zero attached hydrogens (tertiary/aromatic N) is 1. The van der Waals surface area contributed by atoms with E-state index in [1.807, 2.05) is 0 Å². The molecule has 0 aromatic heterocycles. The third-order valence-corrected chi connectivity index (χ3v) is 4.41. The van der Waals surface area contributed by atoms with Gasteiger partial charge in [0.25, 0.3) is 0 Å².